The van der Waals surface area contributed by atoms with Crippen LogP contribution < -0.4 is 10.6 Å². The van der Waals surface area contributed by atoms with Crippen LogP contribution in [-0.2, 0) is 6.54 Å². The first-order valence-electron chi connectivity index (χ1n) is 9.57. The Morgan fingerprint density at radius 1 is 1.07 bits per heavy atom. The maximum absolute atomic E-state index is 9.73. The highest BCUT2D eigenvalue weighted by molar-refractivity contribution is 5.79. The van der Waals surface area contributed by atoms with Gasteiger partial charge in [-0.15, -0.1) is 0 Å². The van der Waals surface area contributed by atoms with Gasteiger partial charge in [0.25, 0.3) is 0 Å². The van der Waals surface area contributed by atoms with Crippen LogP contribution in [0.1, 0.15) is 24.0 Å². The minimum absolute atomic E-state index is 0.0193. The third-order valence-corrected chi connectivity index (χ3v) is 4.43. The third kappa shape index (κ3) is 5.44. The smallest absolute Gasteiger partial charge is 0.191 e. The number of aliphatic hydroxyl groups excluding tert-OH is 1. The van der Waals surface area contributed by atoms with Gasteiger partial charge in [-0.05, 0) is 24.6 Å². The van der Waals surface area contributed by atoms with Crippen LogP contribution in [0.5, 0.6) is 0 Å². The second-order valence-corrected chi connectivity index (χ2v) is 6.49. The van der Waals surface area contributed by atoms with Gasteiger partial charge in [0.1, 0.15) is 0 Å². The van der Waals surface area contributed by atoms with E-state index in [0.29, 0.717) is 13.1 Å². The van der Waals surface area contributed by atoms with Crippen LogP contribution in [-0.4, -0.2) is 40.5 Å². The summed E-state index contributed by atoms with van der Waals surface area (Å²) in [5.74, 6) is 0.746. The molecule has 3 rings (SSSR count). The number of para-hydroxylation sites is 1. The quantitative estimate of drug-likeness (QED) is 0.417. The fraction of sp³-hybridized carbons (Fsp3) is 0.273. The van der Waals surface area contributed by atoms with Crippen molar-refractivity contribution >= 4 is 5.96 Å². The molecule has 0 aliphatic rings. The van der Waals surface area contributed by atoms with Crippen LogP contribution in [0.15, 0.2) is 78.0 Å². The summed E-state index contributed by atoms with van der Waals surface area (Å²) in [4.78, 5) is 4.65. The molecule has 28 heavy (non-hydrogen) atoms. The Balaban J connectivity index is 1.62. The van der Waals surface area contributed by atoms with Crippen molar-refractivity contribution in [1.82, 2.24) is 20.4 Å². The molecule has 1 unspecified atom stereocenters. The van der Waals surface area contributed by atoms with E-state index in [9.17, 15) is 5.11 Å². The molecule has 0 fully saturated rings. The number of aliphatic imine (C=N–C) groups is 1. The Labute approximate surface area is 165 Å². The summed E-state index contributed by atoms with van der Waals surface area (Å²) in [5, 5.41) is 20.7. The number of nitrogens with one attached hydrogen (secondary N) is 2. The van der Waals surface area contributed by atoms with E-state index in [2.05, 4.69) is 20.7 Å². The van der Waals surface area contributed by atoms with E-state index in [1.54, 1.807) is 0 Å². The molecule has 0 bridgehead atoms. The maximum atomic E-state index is 9.73. The highest BCUT2D eigenvalue weighted by Crippen LogP contribution is 2.13. The van der Waals surface area contributed by atoms with Gasteiger partial charge in [-0.1, -0.05) is 48.5 Å². The fourth-order valence-electron chi connectivity index (χ4n) is 2.91. The first-order chi connectivity index (χ1) is 13.8. The van der Waals surface area contributed by atoms with Crippen molar-refractivity contribution in [2.24, 2.45) is 4.99 Å². The molecule has 0 aliphatic carbocycles. The van der Waals surface area contributed by atoms with Gasteiger partial charge >= 0.3 is 0 Å². The van der Waals surface area contributed by atoms with E-state index in [0.717, 1.165) is 29.3 Å². The lowest BCUT2D eigenvalue weighted by Crippen LogP contribution is -2.39. The van der Waals surface area contributed by atoms with Crippen molar-refractivity contribution < 1.29 is 5.11 Å². The largest absolute Gasteiger partial charge is 0.396 e. The van der Waals surface area contributed by atoms with E-state index < -0.39 is 0 Å². The number of rotatable bonds is 8. The van der Waals surface area contributed by atoms with Crippen molar-refractivity contribution in [1.29, 1.82) is 0 Å². The molecule has 0 aliphatic heterocycles. The number of benzene rings is 2. The molecule has 0 radical (unpaired) electrons. The molecule has 146 valence electrons. The van der Waals surface area contributed by atoms with E-state index in [1.165, 1.54) is 0 Å². The summed E-state index contributed by atoms with van der Waals surface area (Å²) in [6.07, 6.45) is 3.82. The number of guanidine groups is 1. The van der Waals surface area contributed by atoms with Crippen molar-refractivity contribution in [3.05, 3.63) is 84.2 Å². The van der Waals surface area contributed by atoms with Gasteiger partial charge in [-0.3, -0.25) is 0 Å². The molecular weight excluding hydrogens is 350 g/mol. The van der Waals surface area contributed by atoms with Crippen molar-refractivity contribution in [3.8, 4) is 5.69 Å². The molecule has 0 amide bonds. The lowest BCUT2D eigenvalue weighted by molar-refractivity contribution is 0.265. The molecule has 0 spiro atoms. The van der Waals surface area contributed by atoms with Crippen LogP contribution in [0.4, 0.5) is 0 Å². The van der Waals surface area contributed by atoms with E-state index in [4.69, 9.17) is 0 Å². The molecular formula is C22H27N5O. The SMILES string of the molecule is CCNC(=NCc1cnn(-c2ccccc2)c1)NCC(CO)c1ccccc1. The number of hydrogen-bond donors (Lipinski definition) is 3. The Hall–Kier alpha value is -3.12. The molecule has 1 atom stereocenters. The lowest BCUT2D eigenvalue weighted by Gasteiger charge is -2.18. The zero-order valence-corrected chi connectivity index (χ0v) is 16.1. The Bertz CT molecular complexity index is 861. The summed E-state index contributed by atoms with van der Waals surface area (Å²) in [7, 11) is 0. The lowest BCUT2D eigenvalue weighted by atomic mass is 10.0. The predicted octanol–water partition coefficient (Wildman–Crippen LogP) is 2.70. The molecule has 6 heteroatoms. The molecule has 2 aromatic carbocycles. The topological polar surface area (TPSA) is 74.5 Å². The summed E-state index contributed by atoms with van der Waals surface area (Å²) >= 11 is 0. The molecule has 3 N–H and O–H groups in total. The minimum atomic E-state index is 0.0193. The number of aromatic nitrogens is 2. The summed E-state index contributed by atoms with van der Waals surface area (Å²) < 4.78 is 1.85. The summed E-state index contributed by atoms with van der Waals surface area (Å²) in [6, 6.07) is 20.0. The van der Waals surface area contributed by atoms with Crippen LogP contribution in [0.3, 0.4) is 0 Å². The Morgan fingerprint density at radius 2 is 1.79 bits per heavy atom. The van der Waals surface area contributed by atoms with Crippen molar-refractivity contribution in [2.75, 3.05) is 19.7 Å². The van der Waals surface area contributed by atoms with Gasteiger partial charge < -0.3 is 15.7 Å². The first-order valence-corrected chi connectivity index (χ1v) is 9.57. The van der Waals surface area contributed by atoms with E-state index >= 15 is 0 Å². The predicted molar refractivity (Wildman–Crippen MR) is 113 cm³/mol. The summed E-state index contributed by atoms with van der Waals surface area (Å²) in [6.45, 7) is 4.02. The second kappa shape index (κ2) is 10.3. The first kappa shape index (κ1) is 19.6. The van der Waals surface area contributed by atoms with Crippen LogP contribution in [0.2, 0.25) is 0 Å². The van der Waals surface area contributed by atoms with Crippen LogP contribution in [0, 0.1) is 0 Å². The maximum Gasteiger partial charge on any atom is 0.191 e. The van der Waals surface area contributed by atoms with Gasteiger partial charge in [0.15, 0.2) is 5.96 Å². The standard InChI is InChI=1S/C22H27N5O/c1-2-23-22(25-15-20(17-28)19-9-5-3-6-10-19)24-13-18-14-26-27(16-18)21-11-7-4-8-12-21/h3-12,14,16,20,28H,2,13,15,17H2,1H3,(H2,23,24,25). The third-order valence-electron chi connectivity index (χ3n) is 4.43. The monoisotopic (exact) mass is 377 g/mol. The minimum Gasteiger partial charge on any atom is -0.396 e. The molecule has 3 aromatic rings. The Kier molecular flexibility index (Phi) is 7.21. The van der Waals surface area contributed by atoms with E-state index in [-0.39, 0.29) is 12.5 Å². The fourth-order valence-corrected chi connectivity index (χ4v) is 2.91. The molecule has 0 saturated heterocycles. The summed E-state index contributed by atoms with van der Waals surface area (Å²) in [5.41, 5.74) is 3.16. The zero-order chi connectivity index (χ0) is 19.6. The van der Waals surface area contributed by atoms with E-state index in [1.807, 2.05) is 84.7 Å². The number of hydrogen-bond acceptors (Lipinski definition) is 3. The van der Waals surface area contributed by atoms with Gasteiger partial charge in [0.05, 0.1) is 25.0 Å². The molecule has 6 nitrogen and oxygen atoms in total. The average Bonchev–Trinajstić information content (AvgIpc) is 3.23. The normalized spacial score (nSPS) is 12.6. The van der Waals surface area contributed by atoms with Crippen molar-refractivity contribution in [3.63, 3.8) is 0 Å². The number of nitrogens with zero attached hydrogens (tertiary/aromatic N) is 3. The van der Waals surface area contributed by atoms with Crippen LogP contribution in [0.25, 0.3) is 5.69 Å². The Morgan fingerprint density at radius 3 is 2.46 bits per heavy atom. The highest BCUT2D eigenvalue weighted by Gasteiger charge is 2.11. The van der Waals surface area contributed by atoms with Crippen LogP contribution >= 0.6 is 0 Å². The number of aliphatic hydroxyl groups is 1. The van der Waals surface area contributed by atoms with Crippen molar-refractivity contribution in [2.45, 2.75) is 19.4 Å². The molecule has 1 aromatic heterocycles. The second-order valence-electron chi connectivity index (χ2n) is 6.49. The molecule has 1 heterocycles. The van der Waals surface area contributed by atoms with Gasteiger partial charge in [-0.25, -0.2) is 9.67 Å². The van der Waals surface area contributed by atoms with Gasteiger partial charge in [0.2, 0.25) is 0 Å². The van der Waals surface area contributed by atoms with Gasteiger partial charge in [-0.2, -0.15) is 5.10 Å². The van der Waals surface area contributed by atoms with Gasteiger partial charge in [0, 0.05) is 30.8 Å². The molecule has 0 saturated carbocycles. The zero-order valence-electron chi connectivity index (χ0n) is 16.1. The average molecular weight is 377 g/mol. The highest BCUT2D eigenvalue weighted by atomic mass is 16.3.